The molecule has 0 aliphatic heterocycles. The van der Waals surface area contributed by atoms with Gasteiger partial charge in [0.25, 0.3) is 0 Å². The van der Waals surface area contributed by atoms with Crippen LogP contribution in [0.25, 0.3) is 0 Å². The Morgan fingerprint density at radius 2 is 2.31 bits per heavy atom. The van der Waals surface area contributed by atoms with Gasteiger partial charge >= 0.3 is 0 Å². The molecule has 0 fully saturated rings. The molecule has 0 radical (unpaired) electrons. The number of nitrogen functional groups attached to an aromatic ring is 1. The van der Waals surface area contributed by atoms with Gasteiger partial charge in [-0.25, -0.2) is 15.0 Å². The number of rotatable bonds is 2. The molecule has 66 valence electrons. The van der Waals surface area contributed by atoms with Crippen molar-refractivity contribution in [3.63, 3.8) is 0 Å². The minimum atomic E-state index is 0.273. The molecule has 7 heteroatoms. The third-order valence-electron chi connectivity index (χ3n) is 1.18. The second kappa shape index (κ2) is 3.67. The minimum absolute atomic E-state index is 0.273. The van der Waals surface area contributed by atoms with Gasteiger partial charge in [0.1, 0.15) is 11.4 Å². The molecule has 0 unspecified atom stereocenters. The van der Waals surface area contributed by atoms with E-state index < -0.39 is 0 Å². The van der Waals surface area contributed by atoms with E-state index in [4.69, 9.17) is 5.73 Å². The van der Waals surface area contributed by atoms with Crippen LogP contribution in [0.2, 0.25) is 0 Å². The van der Waals surface area contributed by atoms with Crippen molar-refractivity contribution in [3.05, 3.63) is 18.6 Å². The second-order valence-corrected chi connectivity index (χ2v) is 4.11. The van der Waals surface area contributed by atoms with Crippen molar-refractivity contribution >= 4 is 29.2 Å². The summed E-state index contributed by atoms with van der Waals surface area (Å²) < 4.78 is 4.72. The lowest BCUT2D eigenvalue weighted by Gasteiger charge is -1.95. The third kappa shape index (κ3) is 2.13. The first-order valence-corrected chi connectivity index (χ1v) is 4.96. The quantitative estimate of drug-likeness (QED) is 0.748. The lowest BCUT2D eigenvalue weighted by molar-refractivity contribution is 1.06. The molecule has 0 amide bonds. The van der Waals surface area contributed by atoms with Gasteiger partial charge in [0.15, 0.2) is 4.34 Å². The SMILES string of the molecule is Nc1nccc(Sc2ncns2)n1. The standard InChI is InChI=1S/C6H5N5S2/c7-5-8-2-1-4(11-5)12-6-9-3-10-13-6/h1-3H,(H2,7,8,11). The zero-order valence-corrected chi connectivity index (χ0v) is 8.05. The number of nitrogens with zero attached hydrogens (tertiary/aromatic N) is 4. The van der Waals surface area contributed by atoms with E-state index in [0.717, 1.165) is 9.37 Å². The van der Waals surface area contributed by atoms with E-state index in [-0.39, 0.29) is 5.95 Å². The Labute approximate surface area is 82.6 Å². The first kappa shape index (κ1) is 8.39. The molecule has 0 bridgehead atoms. The predicted octanol–water partition coefficient (Wildman–Crippen LogP) is 1.06. The van der Waals surface area contributed by atoms with E-state index in [0.29, 0.717) is 0 Å². The van der Waals surface area contributed by atoms with Gasteiger partial charge in [-0.3, -0.25) is 0 Å². The fraction of sp³-hybridized carbons (Fsp3) is 0. The van der Waals surface area contributed by atoms with Crippen molar-refractivity contribution in [3.8, 4) is 0 Å². The van der Waals surface area contributed by atoms with Crippen LogP contribution in [0.3, 0.4) is 0 Å². The molecular weight excluding hydrogens is 206 g/mol. The lowest BCUT2D eigenvalue weighted by Crippen LogP contribution is -1.93. The monoisotopic (exact) mass is 211 g/mol. The highest BCUT2D eigenvalue weighted by Gasteiger charge is 2.01. The summed E-state index contributed by atoms with van der Waals surface area (Å²) >= 11 is 2.75. The van der Waals surface area contributed by atoms with Gasteiger partial charge in [-0.15, -0.1) is 0 Å². The van der Waals surface area contributed by atoms with Gasteiger partial charge in [0, 0.05) is 6.20 Å². The van der Waals surface area contributed by atoms with Gasteiger partial charge in [-0.2, -0.15) is 4.37 Å². The van der Waals surface area contributed by atoms with Crippen LogP contribution in [0.15, 0.2) is 28.0 Å². The molecule has 0 atom stereocenters. The Morgan fingerprint density at radius 3 is 3.00 bits per heavy atom. The largest absolute Gasteiger partial charge is 0.368 e. The summed E-state index contributed by atoms with van der Waals surface area (Å²) in [6.07, 6.45) is 3.13. The fourth-order valence-electron chi connectivity index (χ4n) is 0.711. The third-order valence-corrected chi connectivity index (χ3v) is 2.83. The maximum Gasteiger partial charge on any atom is 0.221 e. The molecule has 13 heavy (non-hydrogen) atoms. The van der Waals surface area contributed by atoms with Crippen LogP contribution >= 0.6 is 23.3 Å². The van der Waals surface area contributed by atoms with E-state index in [2.05, 4.69) is 19.3 Å². The van der Waals surface area contributed by atoms with Crippen molar-refractivity contribution in [2.24, 2.45) is 0 Å². The molecule has 0 saturated heterocycles. The summed E-state index contributed by atoms with van der Waals surface area (Å²) in [6, 6.07) is 1.78. The minimum Gasteiger partial charge on any atom is -0.368 e. The smallest absolute Gasteiger partial charge is 0.221 e. The van der Waals surface area contributed by atoms with E-state index in [1.807, 2.05) is 0 Å². The highest BCUT2D eigenvalue weighted by molar-refractivity contribution is 8.00. The molecule has 2 rings (SSSR count). The Hall–Kier alpha value is -1.21. The summed E-state index contributed by atoms with van der Waals surface area (Å²) in [6.45, 7) is 0. The first-order valence-electron chi connectivity index (χ1n) is 3.37. The molecule has 2 aromatic heterocycles. The van der Waals surface area contributed by atoms with Crippen molar-refractivity contribution in [2.45, 2.75) is 9.37 Å². The zero-order valence-electron chi connectivity index (χ0n) is 6.41. The Bertz CT molecular complexity index is 388. The van der Waals surface area contributed by atoms with Crippen molar-refractivity contribution in [2.75, 3.05) is 5.73 Å². The Kier molecular flexibility index (Phi) is 2.37. The molecule has 0 saturated carbocycles. The number of hydrogen-bond donors (Lipinski definition) is 1. The van der Waals surface area contributed by atoms with Gasteiger partial charge in [0.2, 0.25) is 5.95 Å². The Morgan fingerprint density at radius 1 is 1.38 bits per heavy atom. The van der Waals surface area contributed by atoms with Crippen molar-refractivity contribution in [1.82, 2.24) is 19.3 Å². The summed E-state index contributed by atoms with van der Waals surface area (Å²) in [7, 11) is 0. The molecule has 2 aromatic rings. The van der Waals surface area contributed by atoms with Crippen LogP contribution in [-0.2, 0) is 0 Å². The summed E-state index contributed by atoms with van der Waals surface area (Å²) in [4.78, 5) is 11.8. The first-order chi connectivity index (χ1) is 6.34. The highest BCUT2D eigenvalue weighted by atomic mass is 32.2. The summed E-state index contributed by atoms with van der Waals surface area (Å²) in [5.41, 5.74) is 5.42. The van der Waals surface area contributed by atoms with Gasteiger partial charge in [-0.05, 0) is 29.4 Å². The number of anilines is 1. The highest BCUT2D eigenvalue weighted by Crippen LogP contribution is 2.25. The van der Waals surface area contributed by atoms with Crippen LogP contribution in [-0.4, -0.2) is 19.3 Å². The van der Waals surface area contributed by atoms with Crippen LogP contribution in [0, 0.1) is 0 Å². The van der Waals surface area contributed by atoms with Crippen LogP contribution in [0.5, 0.6) is 0 Å². The lowest BCUT2D eigenvalue weighted by atomic mass is 10.7. The molecule has 0 aliphatic carbocycles. The second-order valence-electron chi connectivity index (χ2n) is 2.06. The average Bonchev–Trinajstić information content (AvgIpc) is 2.57. The molecule has 0 aliphatic rings. The number of hydrogen-bond acceptors (Lipinski definition) is 7. The van der Waals surface area contributed by atoms with Crippen LogP contribution in [0.4, 0.5) is 5.95 Å². The molecule has 5 nitrogen and oxygen atoms in total. The Balaban J connectivity index is 2.19. The molecular formula is C6H5N5S2. The van der Waals surface area contributed by atoms with Crippen LogP contribution in [0.1, 0.15) is 0 Å². The molecule has 2 heterocycles. The van der Waals surface area contributed by atoms with Gasteiger partial charge < -0.3 is 5.73 Å². The normalized spacial score (nSPS) is 10.2. The predicted molar refractivity (Wildman–Crippen MR) is 50.5 cm³/mol. The van der Waals surface area contributed by atoms with Crippen molar-refractivity contribution in [1.29, 1.82) is 0 Å². The van der Waals surface area contributed by atoms with Gasteiger partial charge in [-0.1, -0.05) is 0 Å². The number of nitrogens with two attached hydrogens (primary N) is 1. The molecule has 0 aromatic carbocycles. The maximum atomic E-state index is 5.42. The van der Waals surface area contributed by atoms with E-state index >= 15 is 0 Å². The summed E-state index contributed by atoms with van der Waals surface area (Å²) in [5, 5.41) is 0.782. The fourth-order valence-corrected chi connectivity index (χ4v) is 2.07. The summed E-state index contributed by atoms with van der Waals surface area (Å²) in [5.74, 6) is 0.273. The average molecular weight is 211 g/mol. The topological polar surface area (TPSA) is 77.6 Å². The van der Waals surface area contributed by atoms with Crippen molar-refractivity contribution < 1.29 is 0 Å². The molecule has 2 N–H and O–H groups in total. The van der Waals surface area contributed by atoms with Crippen LogP contribution < -0.4 is 5.73 Å². The molecule has 0 spiro atoms. The number of aromatic nitrogens is 4. The maximum absolute atomic E-state index is 5.42. The van der Waals surface area contributed by atoms with E-state index in [9.17, 15) is 0 Å². The van der Waals surface area contributed by atoms with Gasteiger partial charge in [0.05, 0.1) is 0 Å². The zero-order chi connectivity index (χ0) is 9.10. The van der Waals surface area contributed by atoms with E-state index in [1.165, 1.54) is 29.6 Å². The van der Waals surface area contributed by atoms with E-state index in [1.54, 1.807) is 12.3 Å².